The van der Waals surface area contributed by atoms with Crippen LogP contribution in [-0.4, -0.2) is 18.5 Å². The van der Waals surface area contributed by atoms with Crippen LogP contribution in [0.4, 0.5) is 10.5 Å². The van der Waals surface area contributed by atoms with Gasteiger partial charge in [-0.2, -0.15) is 0 Å². The summed E-state index contributed by atoms with van der Waals surface area (Å²) in [5.74, 6) is 0.306. The van der Waals surface area contributed by atoms with Crippen molar-refractivity contribution >= 4 is 17.6 Å². The number of rotatable bonds is 6. The summed E-state index contributed by atoms with van der Waals surface area (Å²) < 4.78 is 0. The quantitative estimate of drug-likeness (QED) is 0.753. The molecule has 1 atom stereocenters. The molecule has 1 saturated carbocycles. The van der Waals surface area contributed by atoms with E-state index in [9.17, 15) is 9.59 Å². The molecule has 1 aliphatic rings. The van der Waals surface area contributed by atoms with Crippen LogP contribution in [0.2, 0.25) is 0 Å². The number of carbonyl (C=O) groups is 2. The van der Waals surface area contributed by atoms with Crippen LogP contribution in [-0.2, 0) is 4.79 Å². The van der Waals surface area contributed by atoms with E-state index in [1.807, 2.05) is 38.1 Å². The topological polar surface area (TPSA) is 70.2 Å². The van der Waals surface area contributed by atoms with Crippen molar-refractivity contribution in [3.8, 4) is 0 Å². The molecule has 0 aliphatic heterocycles. The number of carbonyl (C=O) groups excluding carboxylic acids is 2. The summed E-state index contributed by atoms with van der Waals surface area (Å²) >= 11 is 0. The van der Waals surface area contributed by atoms with Crippen molar-refractivity contribution in [2.75, 3.05) is 11.9 Å². The Morgan fingerprint density at radius 1 is 1.24 bits per heavy atom. The molecular formula is C16H23N3O2. The maximum atomic E-state index is 11.7. The lowest BCUT2D eigenvalue weighted by atomic mass is 10.1. The Hall–Kier alpha value is -2.04. The predicted octanol–water partition coefficient (Wildman–Crippen LogP) is 2.81. The monoisotopic (exact) mass is 289 g/mol. The van der Waals surface area contributed by atoms with Gasteiger partial charge in [-0.15, -0.1) is 0 Å². The molecule has 114 valence electrons. The molecule has 0 aromatic heterocycles. The van der Waals surface area contributed by atoms with Crippen molar-refractivity contribution < 1.29 is 9.59 Å². The molecule has 1 aromatic rings. The first-order valence-corrected chi connectivity index (χ1v) is 7.55. The first kappa shape index (κ1) is 15.4. The van der Waals surface area contributed by atoms with Gasteiger partial charge in [-0.3, -0.25) is 4.79 Å². The van der Waals surface area contributed by atoms with Gasteiger partial charge in [0.25, 0.3) is 0 Å². The van der Waals surface area contributed by atoms with Gasteiger partial charge < -0.3 is 16.0 Å². The van der Waals surface area contributed by atoms with Gasteiger partial charge in [0, 0.05) is 18.2 Å². The highest BCUT2D eigenvalue weighted by atomic mass is 16.2. The third kappa shape index (κ3) is 4.77. The molecule has 0 bridgehead atoms. The standard InChI is InChI=1S/C16H23N3O2/c1-3-10-17-16(21)18-11(2)12-6-8-14(9-7-12)19-15(20)13-4-5-13/h6-9,11,13H,3-5,10H2,1-2H3,(H,19,20)(H2,17,18,21)/t11-/m1/s1. The molecule has 0 radical (unpaired) electrons. The minimum absolute atomic E-state index is 0.0740. The normalized spacial score (nSPS) is 15.1. The Morgan fingerprint density at radius 3 is 2.48 bits per heavy atom. The zero-order valence-electron chi connectivity index (χ0n) is 12.6. The highest BCUT2D eigenvalue weighted by Crippen LogP contribution is 2.30. The Balaban J connectivity index is 1.85. The molecule has 0 saturated heterocycles. The summed E-state index contributed by atoms with van der Waals surface area (Å²) in [4.78, 5) is 23.3. The molecule has 3 amide bonds. The van der Waals surface area contributed by atoms with E-state index in [1.54, 1.807) is 0 Å². The van der Waals surface area contributed by atoms with Gasteiger partial charge in [-0.1, -0.05) is 19.1 Å². The molecule has 5 nitrogen and oxygen atoms in total. The van der Waals surface area contributed by atoms with E-state index in [-0.39, 0.29) is 23.9 Å². The minimum atomic E-state index is -0.157. The summed E-state index contributed by atoms with van der Waals surface area (Å²) in [6, 6.07) is 7.36. The molecule has 2 rings (SSSR count). The zero-order valence-corrected chi connectivity index (χ0v) is 12.6. The van der Waals surface area contributed by atoms with Gasteiger partial charge >= 0.3 is 6.03 Å². The van der Waals surface area contributed by atoms with Crippen LogP contribution in [0.3, 0.4) is 0 Å². The van der Waals surface area contributed by atoms with Crippen molar-refractivity contribution in [1.82, 2.24) is 10.6 Å². The number of urea groups is 1. The number of anilines is 1. The Bertz CT molecular complexity index is 495. The van der Waals surface area contributed by atoms with E-state index in [0.717, 1.165) is 30.5 Å². The van der Waals surface area contributed by atoms with Gasteiger partial charge in [0.1, 0.15) is 0 Å². The predicted molar refractivity (Wildman–Crippen MR) is 83.0 cm³/mol. The van der Waals surface area contributed by atoms with Gasteiger partial charge in [-0.25, -0.2) is 4.79 Å². The van der Waals surface area contributed by atoms with Crippen LogP contribution in [0.5, 0.6) is 0 Å². The lowest BCUT2D eigenvalue weighted by molar-refractivity contribution is -0.117. The van der Waals surface area contributed by atoms with Crippen molar-refractivity contribution in [3.05, 3.63) is 29.8 Å². The number of benzene rings is 1. The van der Waals surface area contributed by atoms with Crippen LogP contribution in [0.25, 0.3) is 0 Å². The smallest absolute Gasteiger partial charge is 0.315 e. The third-order valence-corrected chi connectivity index (χ3v) is 3.51. The molecule has 1 aliphatic carbocycles. The molecular weight excluding hydrogens is 266 g/mol. The molecule has 1 fully saturated rings. The summed E-state index contributed by atoms with van der Waals surface area (Å²) in [5, 5.41) is 8.56. The average Bonchev–Trinajstić information content (AvgIpc) is 3.30. The molecule has 1 aromatic carbocycles. The molecule has 0 spiro atoms. The van der Waals surface area contributed by atoms with E-state index in [1.165, 1.54) is 0 Å². The maximum absolute atomic E-state index is 11.7. The van der Waals surface area contributed by atoms with Gasteiger partial charge in [-0.05, 0) is 43.9 Å². The largest absolute Gasteiger partial charge is 0.338 e. The number of hydrogen-bond donors (Lipinski definition) is 3. The molecule has 3 N–H and O–H groups in total. The fourth-order valence-electron chi connectivity index (χ4n) is 2.01. The third-order valence-electron chi connectivity index (χ3n) is 3.51. The summed E-state index contributed by atoms with van der Waals surface area (Å²) in [5.41, 5.74) is 1.81. The van der Waals surface area contributed by atoms with E-state index >= 15 is 0 Å². The van der Waals surface area contributed by atoms with Gasteiger partial charge in [0.15, 0.2) is 0 Å². The Morgan fingerprint density at radius 2 is 1.90 bits per heavy atom. The second-order valence-electron chi connectivity index (χ2n) is 5.51. The first-order valence-electron chi connectivity index (χ1n) is 7.55. The second-order valence-corrected chi connectivity index (χ2v) is 5.51. The van der Waals surface area contributed by atoms with Crippen molar-refractivity contribution in [2.24, 2.45) is 5.92 Å². The fourth-order valence-corrected chi connectivity index (χ4v) is 2.01. The van der Waals surface area contributed by atoms with Crippen LogP contribution in [0, 0.1) is 5.92 Å². The number of nitrogens with one attached hydrogen (secondary N) is 3. The fraction of sp³-hybridized carbons (Fsp3) is 0.500. The number of amides is 3. The molecule has 0 unspecified atom stereocenters. The van der Waals surface area contributed by atoms with Crippen LogP contribution in [0.1, 0.15) is 44.7 Å². The lowest BCUT2D eigenvalue weighted by Gasteiger charge is -2.15. The summed E-state index contributed by atoms with van der Waals surface area (Å²) in [6.07, 6.45) is 2.91. The minimum Gasteiger partial charge on any atom is -0.338 e. The average molecular weight is 289 g/mol. The van der Waals surface area contributed by atoms with E-state index in [4.69, 9.17) is 0 Å². The number of hydrogen-bond acceptors (Lipinski definition) is 2. The maximum Gasteiger partial charge on any atom is 0.315 e. The van der Waals surface area contributed by atoms with Crippen LogP contribution >= 0.6 is 0 Å². The van der Waals surface area contributed by atoms with E-state index < -0.39 is 0 Å². The Labute approximate surface area is 125 Å². The van der Waals surface area contributed by atoms with Crippen LogP contribution in [0.15, 0.2) is 24.3 Å². The van der Waals surface area contributed by atoms with Crippen molar-refractivity contribution in [2.45, 2.75) is 39.2 Å². The second kappa shape index (κ2) is 7.11. The van der Waals surface area contributed by atoms with Crippen molar-refractivity contribution in [1.29, 1.82) is 0 Å². The van der Waals surface area contributed by atoms with E-state index in [2.05, 4.69) is 16.0 Å². The summed E-state index contributed by atoms with van der Waals surface area (Å²) in [6.45, 7) is 4.62. The molecule has 0 heterocycles. The Kier molecular flexibility index (Phi) is 5.20. The summed E-state index contributed by atoms with van der Waals surface area (Å²) in [7, 11) is 0. The van der Waals surface area contributed by atoms with Gasteiger partial charge in [0.05, 0.1) is 6.04 Å². The zero-order chi connectivity index (χ0) is 15.2. The van der Waals surface area contributed by atoms with Gasteiger partial charge in [0.2, 0.25) is 5.91 Å². The molecule has 21 heavy (non-hydrogen) atoms. The highest BCUT2D eigenvalue weighted by Gasteiger charge is 2.29. The van der Waals surface area contributed by atoms with Crippen LogP contribution < -0.4 is 16.0 Å². The SMILES string of the molecule is CCCNC(=O)N[C@H](C)c1ccc(NC(=O)C2CC2)cc1. The first-order chi connectivity index (χ1) is 10.1. The van der Waals surface area contributed by atoms with Crippen molar-refractivity contribution in [3.63, 3.8) is 0 Å². The lowest BCUT2D eigenvalue weighted by Crippen LogP contribution is -2.37. The molecule has 5 heteroatoms. The van der Waals surface area contributed by atoms with E-state index in [0.29, 0.717) is 6.54 Å². The highest BCUT2D eigenvalue weighted by molar-refractivity contribution is 5.94.